The number of aromatic nitrogens is 2. The van der Waals surface area contributed by atoms with Gasteiger partial charge in [0.05, 0.1) is 18.2 Å². The van der Waals surface area contributed by atoms with Crippen LogP contribution in [0.2, 0.25) is 0 Å². The number of carbonyl (C=O) groups is 1. The molecule has 9 nitrogen and oxygen atoms in total. The van der Waals surface area contributed by atoms with E-state index >= 15 is 0 Å². The van der Waals surface area contributed by atoms with E-state index in [0.29, 0.717) is 46.7 Å². The Hall–Kier alpha value is -3.16. The molecule has 1 fully saturated rings. The molecule has 0 radical (unpaired) electrons. The van der Waals surface area contributed by atoms with Gasteiger partial charge in [0.15, 0.2) is 0 Å². The number of carbonyl (C=O) groups excluding carboxylic acids is 1. The Morgan fingerprint density at radius 2 is 2.11 bits per heavy atom. The molecule has 1 unspecified atom stereocenters. The van der Waals surface area contributed by atoms with Gasteiger partial charge >= 0.3 is 5.97 Å². The zero-order chi connectivity index (χ0) is 25.8. The molecule has 1 aromatic heterocycles. The summed E-state index contributed by atoms with van der Waals surface area (Å²) in [4.78, 5) is 18.9. The molecule has 10 heteroatoms. The number of hydrogen-bond acceptors (Lipinski definition) is 10. The third kappa shape index (κ3) is 7.41. The molecule has 0 amide bonds. The van der Waals surface area contributed by atoms with Gasteiger partial charge in [0.25, 0.3) is 0 Å². The monoisotopic (exact) mass is 496 g/mol. The maximum absolute atomic E-state index is 12.2. The van der Waals surface area contributed by atoms with Crippen molar-refractivity contribution in [1.29, 1.82) is 10.7 Å². The highest BCUT2D eigenvalue weighted by Crippen LogP contribution is 2.32. The minimum Gasteiger partial charge on any atom is -0.490 e. The van der Waals surface area contributed by atoms with Gasteiger partial charge in [0.1, 0.15) is 22.4 Å². The van der Waals surface area contributed by atoms with Gasteiger partial charge in [-0.1, -0.05) is 11.3 Å². The lowest BCUT2D eigenvalue weighted by Gasteiger charge is -2.33. The van der Waals surface area contributed by atoms with Crippen molar-refractivity contribution in [3.8, 4) is 22.4 Å². The highest BCUT2D eigenvalue weighted by Gasteiger charge is 2.29. The van der Waals surface area contributed by atoms with E-state index in [1.165, 1.54) is 11.3 Å². The fourth-order valence-electron chi connectivity index (χ4n) is 3.71. The van der Waals surface area contributed by atoms with Crippen molar-refractivity contribution in [1.82, 2.24) is 15.1 Å². The van der Waals surface area contributed by atoms with Crippen molar-refractivity contribution in [3.05, 3.63) is 23.8 Å². The minimum atomic E-state index is -0.526. The molecule has 2 heterocycles. The van der Waals surface area contributed by atoms with Gasteiger partial charge in [0.2, 0.25) is 5.13 Å². The number of nitriles is 1. The van der Waals surface area contributed by atoms with Crippen molar-refractivity contribution < 1.29 is 14.3 Å². The van der Waals surface area contributed by atoms with E-state index < -0.39 is 5.60 Å². The summed E-state index contributed by atoms with van der Waals surface area (Å²) in [5.41, 5.74) is 2.03. The van der Waals surface area contributed by atoms with Crippen LogP contribution in [0.4, 0.5) is 5.13 Å². The summed E-state index contributed by atoms with van der Waals surface area (Å²) < 4.78 is 11.1. The number of hydrogen-bond donors (Lipinski definition) is 1. The van der Waals surface area contributed by atoms with Crippen molar-refractivity contribution in [2.75, 3.05) is 19.6 Å². The number of esters is 1. The Balaban J connectivity index is 1.72. The van der Waals surface area contributed by atoms with Crippen LogP contribution in [-0.2, 0) is 9.53 Å². The average molecular weight is 497 g/mol. The minimum absolute atomic E-state index is 0.0306. The fraction of sp³-hybridized carbons (Fsp3) is 0.520. The first-order chi connectivity index (χ1) is 16.4. The summed E-state index contributed by atoms with van der Waals surface area (Å²) in [6.45, 7) is 12.6. The number of ether oxygens (including phenoxy) is 2. The van der Waals surface area contributed by atoms with Crippen molar-refractivity contribution >= 4 is 33.9 Å². The molecule has 1 aromatic carbocycles. The molecular formula is C25H32N6O3S. The van der Waals surface area contributed by atoms with Crippen LogP contribution < -0.4 is 4.74 Å². The first-order valence-electron chi connectivity index (χ1n) is 11.6. The highest BCUT2D eigenvalue weighted by molar-refractivity contribution is 7.18. The van der Waals surface area contributed by atoms with Crippen LogP contribution in [0.15, 0.2) is 23.2 Å². The third-order valence-corrected chi connectivity index (χ3v) is 6.10. The second-order valence-corrected chi connectivity index (χ2v) is 10.7. The molecule has 35 heavy (non-hydrogen) atoms. The lowest BCUT2D eigenvalue weighted by atomic mass is 9.91. The quantitative estimate of drug-likeness (QED) is 0.437. The molecule has 0 bridgehead atoms. The summed E-state index contributed by atoms with van der Waals surface area (Å²) in [5, 5.41) is 27.5. The Morgan fingerprint density at radius 1 is 1.37 bits per heavy atom. The number of piperidine rings is 1. The lowest BCUT2D eigenvalue weighted by Crippen LogP contribution is -2.46. The Bertz CT molecular complexity index is 1160. The third-order valence-electron chi connectivity index (χ3n) is 5.23. The van der Waals surface area contributed by atoms with Crippen LogP contribution in [0.5, 0.6) is 5.75 Å². The second kappa shape index (κ2) is 11.1. The number of benzene rings is 1. The first-order valence-corrected chi connectivity index (χ1v) is 12.4. The van der Waals surface area contributed by atoms with E-state index in [9.17, 15) is 10.1 Å². The van der Waals surface area contributed by atoms with Gasteiger partial charge in [-0.25, -0.2) is 4.99 Å². The predicted molar refractivity (Wildman–Crippen MR) is 137 cm³/mol. The summed E-state index contributed by atoms with van der Waals surface area (Å²) in [5.74, 6) is 0.0717. The molecule has 1 atom stereocenters. The molecule has 1 saturated heterocycles. The predicted octanol–water partition coefficient (Wildman–Crippen LogP) is 4.64. The molecular weight excluding hydrogens is 464 g/mol. The molecule has 2 aromatic rings. The Labute approximate surface area is 210 Å². The molecule has 3 rings (SSSR count). The normalized spacial score (nSPS) is 17.4. The fourth-order valence-corrected chi connectivity index (χ4v) is 4.48. The summed E-state index contributed by atoms with van der Waals surface area (Å²) in [6, 6.07) is 7.53. The lowest BCUT2D eigenvalue weighted by molar-refractivity contribution is -0.156. The van der Waals surface area contributed by atoms with Gasteiger partial charge in [-0.15, -0.1) is 10.2 Å². The SMILES string of the molecule is CC(=Nc1nnc(-c2ccc(OC(C)C)c(C#N)c2)s1)C1CN(CC(=O)OC(C)(C)C)CCC1=N. The van der Waals surface area contributed by atoms with Crippen LogP contribution in [0.25, 0.3) is 10.6 Å². The molecule has 0 aliphatic carbocycles. The Kier molecular flexibility index (Phi) is 8.35. The van der Waals surface area contributed by atoms with Crippen LogP contribution in [0.3, 0.4) is 0 Å². The topological polar surface area (TPSA) is 125 Å². The molecule has 186 valence electrons. The number of nitrogens with zero attached hydrogens (tertiary/aromatic N) is 5. The highest BCUT2D eigenvalue weighted by atomic mass is 32.1. The van der Waals surface area contributed by atoms with Crippen LogP contribution >= 0.6 is 11.3 Å². The smallest absolute Gasteiger partial charge is 0.320 e. The first kappa shape index (κ1) is 26.4. The van der Waals surface area contributed by atoms with Crippen molar-refractivity contribution in [2.24, 2.45) is 10.9 Å². The summed E-state index contributed by atoms with van der Waals surface area (Å²) in [7, 11) is 0. The Morgan fingerprint density at radius 3 is 2.77 bits per heavy atom. The van der Waals surface area contributed by atoms with Crippen LogP contribution in [0, 0.1) is 22.7 Å². The van der Waals surface area contributed by atoms with Gasteiger partial charge in [0, 0.05) is 36.0 Å². The molecule has 1 aliphatic rings. The molecule has 1 N–H and O–H groups in total. The molecule has 0 spiro atoms. The second-order valence-electron chi connectivity index (χ2n) is 9.78. The van der Waals surface area contributed by atoms with Gasteiger partial charge in [-0.05, 0) is 66.2 Å². The number of likely N-dealkylation sites (tertiary alicyclic amines) is 1. The zero-order valence-electron chi connectivity index (χ0n) is 21.1. The van der Waals surface area contributed by atoms with Gasteiger partial charge in [-0.3, -0.25) is 9.69 Å². The largest absolute Gasteiger partial charge is 0.490 e. The molecule has 1 aliphatic heterocycles. The summed E-state index contributed by atoms with van der Waals surface area (Å²) in [6.07, 6.45) is 0.542. The van der Waals surface area contributed by atoms with E-state index in [0.717, 1.165) is 11.3 Å². The van der Waals surface area contributed by atoms with Crippen molar-refractivity contribution in [3.63, 3.8) is 0 Å². The van der Waals surface area contributed by atoms with Crippen molar-refractivity contribution in [2.45, 2.75) is 59.7 Å². The maximum atomic E-state index is 12.2. The van der Waals surface area contributed by atoms with E-state index in [4.69, 9.17) is 14.9 Å². The average Bonchev–Trinajstić information content (AvgIpc) is 3.22. The zero-order valence-corrected chi connectivity index (χ0v) is 21.9. The van der Waals surface area contributed by atoms with E-state index in [2.05, 4.69) is 21.3 Å². The van der Waals surface area contributed by atoms with Gasteiger partial charge in [-0.2, -0.15) is 5.26 Å². The number of nitrogens with one attached hydrogen (secondary N) is 1. The van der Waals surface area contributed by atoms with Gasteiger partial charge < -0.3 is 14.9 Å². The van der Waals surface area contributed by atoms with E-state index in [-0.39, 0.29) is 24.5 Å². The van der Waals surface area contributed by atoms with E-state index in [1.807, 2.05) is 52.5 Å². The van der Waals surface area contributed by atoms with Crippen LogP contribution in [0.1, 0.15) is 53.5 Å². The number of rotatable bonds is 7. The standard InChI is InChI=1S/C25H32N6O3S/c1-15(2)33-21-8-7-17(11-18(21)12-26)23-29-30-24(35-23)28-16(3)19-13-31(10-9-20(19)27)14-22(32)34-25(4,5)6/h7-8,11,15,19,27H,9-10,13-14H2,1-6H3. The molecule has 0 saturated carbocycles. The number of aliphatic imine (C=N–C) groups is 1. The van der Waals surface area contributed by atoms with E-state index in [1.54, 1.807) is 12.1 Å². The van der Waals surface area contributed by atoms with Crippen LogP contribution in [-0.4, -0.2) is 63.8 Å². The maximum Gasteiger partial charge on any atom is 0.320 e. The summed E-state index contributed by atoms with van der Waals surface area (Å²) >= 11 is 1.32.